The first-order valence-electron chi connectivity index (χ1n) is 8.66. The van der Waals surface area contributed by atoms with Crippen LogP contribution in [0.5, 0.6) is 5.75 Å². The van der Waals surface area contributed by atoms with Gasteiger partial charge in [-0.05, 0) is 47.1 Å². The maximum absolute atomic E-state index is 11.4. The summed E-state index contributed by atoms with van der Waals surface area (Å²) in [6.45, 7) is 9.22. The van der Waals surface area contributed by atoms with Crippen molar-refractivity contribution in [2.75, 3.05) is 18.2 Å². The molecule has 5 heteroatoms. The van der Waals surface area contributed by atoms with Gasteiger partial charge in [0.05, 0.1) is 11.4 Å². The van der Waals surface area contributed by atoms with Crippen molar-refractivity contribution in [1.29, 1.82) is 0 Å². The Balaban J connectivity index is 2.44. The van der Waals surface area contributed by atoms with Crippen LogP contribution in [-0.4, -0.2) is 40.5 Å². The Morgan fingerprint density at radius 3 is 2.33 bits per heavy atom. The minimum Gasteiger partial charge on any atom is -0.507 e. The third-order valence-electron chi connectivity index (χ3n) is 4.58. The molecule has 2 rings (SSSR count). The summed E-state index contributed by atoms with van der Waals surface area (Å²) >= 11 is 7.67. The molecule has 3 nitrogen and oxygen atoms in total. The van der Waals surface area contributed by atoms with Crippen molar-refractivity contribution in [3.8, 4) is 5.75 Å². The Kier molecular flexibility index (Phi) is 7.02. The number of carbonyl (C=O) groups excluding carboxylic acids is 1. The number of benzene rings is 1. The van der Waals surface area contributed by atoms with Crippen LogP contribution >= 0.6 is 23.4 Å². The van der Waals surface area contributed by atoms with Crippen LogP contribution in [0.1, 0.15) is 68.0 Å². The molecule has 1 aliphatic heterocycles. The smallest absolute Gasteiger partial charge is 0.138 e. The molecule has 0 aliphatic carbocycles. The van der Waals surface area contributed by atoms with Gasteiger partial charge in [0.1, 0.15) is 12.0 Å². The van der Waals surface area contributed by atoms with E-state index in [1.807, 2.05) is 0 Å². The van der Waals surface area contributed by atoms with E-state index in [9.17, 15) is 9.90 Å². The third-order valence-corrected chi connectivity index (χ3v) is 6.24. The minimum absolute atomic E-state index is 0.0537. The third kappa shape index (κ3) is 4.09. The highest BCUT2D eigenvalue weighted by molar-refractivity contribution is 7.99. The number of aldehydes is 1. The number of rotatable bonds is 7. The van der Waals surface area contributed by atoms with Gasteiger partial charge in [-0.15, -0.1) is 23.4 Å². The van der Waals surface area contributed by atoms with Gasteiger partial charge in [-0.2, -0.15) is 0 Å². The lowest BCUT2D eigenvalue weighted by atomic mass is 9.91. The van der Waals surface area contributed by atoms with Gasteiger partial charge in [-0.25, -0.2) is 0 Å². The molecule has 24 heavy (non-hydrogen) atoms. The predicted molar refractivity (Wildman–Crippen MR) is 103 cm³/mol. The molecular weight excluding hydrogens is 342 g/mol. The molecule has 1 saturated heterocycles. The van der Waals surface area contributed by atoms with E-state index in [0.29, 0.717) is 11.6 Å². The van der Waals surface area contributed by atoms with Crippen molar-refractivity contribution < 1.29 is 9.90 Å². The molecule has 2 unspecified atom stereocenters. The summed E-state index contributed by atoms with van der Waals surface area (Å²) < 4.78 is 0. The van der Waals surface area contributed by atoms with Crippen LogP contribution in [0.25, 0.3) is 0 Å². The van der Waals surface area contributed by atoms with E-state index in [-0.39, 0.29) is 23.3 Å². The maximum Gasteiger partial charge on any atom is 0.138 e. The average molecular weight is 370 g/mol. The number of phenols is 1. The number of phenolic OH excluding ortho intramolecular Hbond substituents is 1. The molecule has 1 aromatic rings. The zero-order chi connectivity index (χ0) is 17.9. The molecule has 0 amide bonds. The minimum atomic E-state index is -0.0537. The summed E-state index contributed by atoms with van der Waals surface area (Å²) in [4.78, 5) is 13.7. The monoisotopic (exact) mass is 369 g/mol. The fourth-order valence-electron chi connectivity index (χ4n) is 3.21. The summed E-state index contributed by atoms with van der Waals surface area (Å²) in [6.07, 6.45) is 1.92. The molecule has 0 bridgehead atoms. The van der Waals surface area contributed by atoms with E-state index in [0.717, 1.165) is 36.1 Å². The fourth-order valence-corrected chi connectivity index (χ4v) is 4.76. The van der Waals surface area contributed by atoms with Gasteiger partial charge in [0.2, 0.25) is 0 Å². The van der Waals surface area contributed by atoms with Crippen LogP contribution < -0.4 is 0 Å². The van der Waals surface area contributed by atoms with Crippen molar-refractivity contribution in [2.45, 2.75) is 57.4 Å². The number of alkyl halides is 1. The zero-order valence-corrected chi connectivity index (χ0v) is 16.5. The van der Waals surface area contributed by atoms with Gasteiger partial charge < -0.3 is 9.90 Å². The lowest BCUT2D eigenvalue weighted by molar-refractivity contribution is -0.111. The summed E-state index contributed by atoms with van der Waals surface area (Å²) in [6, 6.07) is 4.18. The van der Waals surface area contributed by atoms with Gasteiger partial charge in [0, 0.05) is 18.2 Å². The lowest BCUT2D eigenvalue weighted by Crippen LogP contribution is -2.35. The van der Waals surface area contributed by atoms with E-state index < -0.39 is 0 Å². The first kappa shape index (κ1) is 19.6. The first-order chi connectivity index (χ1) is 11.4. The van der Waals surface area contributed by atoms with E-state index in [4.69, 9.17) is 11.6 Å². The van der Waals surface area contributed by atoms with Crippen molar-refractivity contribution in [2.24, 2.45) is 0 Å². The number of halogens is 1. The highest BCUT2D eigenvalue weighted by atomic mass is 35.5. The molecule has 1 aromatic carbocycles. The predicted octanol–water partition coefficient (Wildman–Crippen LogP) is 4.88. The topological polar surface area (TPSA) is 40.5 Å². The molecule has 1 fully saturated rings. The molecule has 134 valence electrons. The fraction of sp³-hybridized carbons (Fsp3) is 0.632. The van der Waals surface area contributed by atoms with Crippen molar-refractivity contribution in [3.05, 3.63) is 28.8 Å². The molecule has 1 aliphatic rings. The summed E-state index contributed by atoms with van der Waals surface area (Å²) in [5.41, 5.74) is 3.16. The second-order valence-electron chi connectivity index (χ2n) is 7.03. The molecule has 0 radical (unpaired) electrons. The van der Waals surface area contributed by atoms with Crippen molar-refractivity contribution in [1.82, 2.24) is 4.90 Å². The molecular formula is C19H28ClNO2S. The standard InChI is InChI=1S/C19H28ClNO2S/c1-12(2)16-8-14(9-17(13(3)4)18(16)23)19-21(7-5-6-20)15(10-22)11-24-19/h8-10,12-13,15,19,23H,5-7,11H2,1-4H3. The number of aromatic hydroxyl groups is 1. The largest absolute Gasteiger partial charge is 0.507 e. The van der Waals surface area contributed by atoms with Crippen LogP contribution in [0, 0.1) is 0 Å². The second kappa shape index (κ2) is 8.59. The van der Waals surface area contributed by atoms with Crippen molar-refractivity contribution in [3.63, 3.8) is 0 Å². The average Bonchev–Trinajstić information content (AvgIpc) is 2.95. The van der Waals surface area contributed by atoms with Gasteiger partial charge in [0.15, 0.2) is 0 Å². The molecule has 0 saturated carbocycles. The lowest BCUT2D eigenvalue weighted by Gasteiger charge is -2.28. The number of hydrogen-bond acceptors (Lipinski definition) is 4. The number of carbonyl (C=O) groups is 1. The van der Waals surface area contributed by atoms with E-state index in [2.05, 4.69) is 44.7 Å². The summed E-state index contributed by atoms with van der Waals surface area (Å²) in [7, 11) is 0. The van der Waals surface area contributed by atoms with Gasteiger partial charge in [0.25, 0.3) is 0 Å². The molecule has 2 atom stereocenters. The second-order valence-corrected chi connectivity index (χ2v) is 8.52. The Morgan fingerprint density at radius 1 is 1.29 bits per heavy atom. The Bertz CT molecular complexity index is 547. The highest BCUT2D eigenvalue weighted by Gasteiger charge is 2.35. The number of nitrogens with zero attached hydrogens (tertiary/aromatic N) is 1. The van der Waals surface area contributed by atoms with Crippen LogP contribution in [-0.2, 0) is 4.79 Å². The zero-order valence-electron chi connectivity index (χ0n) is 15.0. The van der Waals surface area contributed by atoms with E-state index in [1.165, 1.54) is 5.56 Å². The quantitative estimate of drug-likeness (QED) is 0.549. The highest BCUT2D eigenvalue weighted by Crippen LogP contribution is 2.44. The van der Waals surface area contributed by atoms with Crippen LogP contribution in [0.4, 0.5) is 0 Å². The number of hydrogen-bond donors (Lipinski definition) is 1. The normalized spacial score (nSPS) is 21.8. The van der Waals surface area contributed by atoms with E-state index >= 15 is 0 Å². The molecule has 0 spiro atoms. The first-order valence-corrected chi connectivity index (χ1v) is 10.2. The SMILES string of the molecule is CC(C)c1cc(C2SCC(C=O)N2CCCCl)cc(C(C)C)c1O. The van der Waals surface area contributed by atoms with Crippen LogP contribution in [0.2, 0.25) is 0 Å². The molecule has 1 heterocycles. The van der Waals surface area contributed by atoms with Gasteiger partial charge >= 0.3 is 0 Å². The Labute approximate surface area is 154 Å². The summed E-state index contributed by atoms with van der Waals surface area (Å²) in [5, 5.41) is 10.8. The summed E-state index contributed by atoms with van der Waals surface area (Å²) in [5.74, 6) is 2.35. The van der Waals surface area contributed by atoms with Crippen molar-refractivity contribution >= 4 is 29.6 Å². The van der Waals surface area contributed by atoms with E-state index in [1.54, 1.807) is 11.8 Å². The Hall–Kier alpha value is -0.710. The van der Waals surface area contributed by atoms with Gasteiger partial charge in [-0.3, -0.25) is 4.90 Å². The maximum atomic E-state index is 11.4. The Morgan fingerprint density at radius 2 is 1.88 bits per heavy atom. The van der Waals surface area contributed by atoms with Crippen LogP contribution in [0.3, 0.4) is 0 Å². The molecule has 1 N–H and O–H groups in total. The molecule has 0 aromatic heterocycles. The number of thioether (sulfide) groups is 1. The van der Waals surface area contributed by atoms with Crippen LogP contribution in [0.15, 0.2) is 12.1 Å². The van der Waals surface area contributed by atoms with Gasteiger partial charge in [-0.1, -0.05) is 27.7 Å².